The minimum atomic E-state index is -3.20. The fourth-order valence-electron chi connectivity index (χ4n) is 5.02. The molecular weight excluding hydrogens is 534 g/mol. The second-order valence-electron chi connectivity index (χ2n) is 10.9. The number of alkyl carbamates (subject to hydrolysis) is 1. The van der Waals surface area contributed by atoms with Crippen LogP contribution in [-0.2, 0) is 38.6 Å². The molecule has 210 valence electrons. The van der Waals surface area contributed by atoms with Crippen LogP contribution in [-0.4, -0.2) is 60.0 Å². The van der Waals surface area contributed by atoms with Crippen LogP contribution in [0.4, 0.5) is 10.5 Å². The Morgan fingerprint density at radius 1 is 1.05 bits per heavy atom. The lowest BCUT2D eigenvalue weighted by atomic mass is 10.0. The molecule has 0 saturated carbocycles. The average Bonchev–Trinajstić information content (AvgIpc) is 3.32. The lowest BCUT2D eigenvalue weighted by molar-refractivity contribution is -0.119. The summed E-state index contributed by atoms with van der Waals surface area (Å²) in [6.07, 6.45) is 1.06. The Labute approximate surface area is 235 Å². The number of fused-ring (bicyclic) bond motifs is 1. The molecule has 2 saturated heterocycles. The normalized spacial score (nSPS) is 22.0. The van der Waals surface area contributed by atoms with Crippen molar-refractivity contribution in [3.63, 3.8) is 0 Å². The third-order valence-electron chi connectivity index (χ3n) is 6.75. The molecule has 39 heavy (non-hydrogen) atoms. The highest BCUT2D eigenvalue weighted by Gasteiger charge is 2.50. The lowest BCUT2D eigenvalue weighted by Crippen LogP contribution is -2.45. The Kier molecular flexibility index (Phi) is 8.75. The zero-order valence-electron chi connectivity index (χ0n) is 23.1. The number of carbonyl (C=O) groups is 2. The van der Waals surface area contributed by atoms with E-state index in [-0.39, 0.29) is 29.2 Å². The number of amidine groups is 1. The number of para-hydroxylation sites is 1. The number of rotatable bonds is 7. The molecule has 2 amide bonds. The molecule has 2 aromatic carbocycles. The average molecular weight is 572 g/mol. The van der Waals surface area contributed by atoms with Gasteiger partial charge in [0, 0.05) is 17.4 Å². The fraction of sp³-hybridized carbons (Fsp3) is 0.483. The van der Waals surface area contributed by atoms with Crippen molar-refractivity contribution in [2.45, 2.75) is 76.8 Å². The second-order valence-corrected chi connectivity index (χ2v) is 14.3. The van der Waals surface area contributed by atoms with Crippen LogP contribution in [0, 0.1) is 0 Å². The van der Waals surface area contributed by atoms with Crippen LogP contribution in [0.15, 0.2) is 53.5 Å². The van der Waals surface area contributed by atoms with Gasteiger partial charge in [-0.3, -0.25) is 4.79 Å². The van der Waals surface area contributed by atoms with Gasteiger partial charge in [0.1, 0.15) is 11.6 Å². The summed E-state index contributed by atoms with van der Waals surface area (Å²) in [5.41, 5.74) is 3.24. The number of carbonyl (C=O) groups excluding carboxylic acids is 2. The fourth-order valence-corrected chi connectivity index (χ4v) is 8.93. The summed E-state index contributed by atoms with van der Waals surface area (Å²) in [4.78, 5) is 32.9. The minimum absolute atomic E-state index is 0.0166. The number of aryl methyl sites for hydroxylation is 2. The maximum Gasteiger partial charge on any atom is 0.408 e. The Balaban J connectivity index is 1.73. The summed E-state index contributed by atoms with van der Waals surface area (Å²) in [5.74, 6) is -0.444. The van der Waals surface area contributed by atoms with Crippen LogP contribution in [0.1, 0.15) is 51.3 Å². The molecule has 0 unspecified atom stereocenters. The highest BCUT2D eigenvalue weighted by Crippen LogP contribution is 2.43. The topological polar surface area (TPSA) is 105 Å². The van der Waals surface area contributed by atoms with E-state index in [1.165, 1.54) is 11.8 Å². The Hall–Kier alpha value is -2.85. The lowest BCUT2D eigenvalue weighted by Gasteiger charge is -2.29. The molecule has 0 spiro atoms. The van der Waals surface area contributed by atoms with E-state index < -0.39 is 33.5 Å². The van der Waals surface area contributed by atoms with E-state index in [0.29, 0.717) is 5.17 Å². The van der Waals surface area contributed by atoms with E-state index in [4.69, 9.17) is 4.74 Å². The van der Waals surface area contributed by atoms with Crippen molar-refractivity contribution in [1.82, 2.24) is 5.32 Å². The first-order valence-corrected chi connectivity index (χ1v) is 16.0. The molecular formula is C29H37N3O5S2. The number of benzene rings is 2. The molecule has 2 aliphatic rings. The number of thioether (sulfide) groups is 1. The van der Waals surface area contributed by atoms with Gasteiger partial charge in [-0.25, -0.2) is 13.2 Å². The molecule has 0 aliphatic carbocycles. The van der Waals surface area contributed by atoms with Gasteiger partial charge >= 0.3 is 6.09 Å². The van der Waals surface area contributed by atoms with Gasteiger partial charge in [0.2, 0.25) is 0 Å². The van der Waals surface area contributed by atoms with Crippen molar-refractivity contribution in [2.24, 2.45) is 4.99 Å². The van der Waals surface area contributed by atoms with Gasteiger partial charge in [-0.2, -0.15) is 4.99 Å². The van der Waals surface area contributed by atoms with Crippen molar-refractivity contribution in [2.75, 3.05) is 16.4 Å². The Morgan fingerprint density at radius 3 is 2.28 bits per heavy atom. The molecule has 2 aliphatic heterocycles. The smallest absolute Gasteiger partial charge is 0.408 e. The van der Waals surface area contributed by atoms with Gasteiger partial charge in [-0.05, 0) is 50.3 Å². The number of anilines is 1. The molecule has 0 bridgehead atoms. The maximum absolute atomic E-state index is 13.7. The van der Waals surface area contributed by atoms with Crippen LogP contribution in [0.3, 0.4) is 0 Å². The number of nitrogens with one attached hydrogen (secondary N) is 1. The molecule has 1 N–H and O–H groups in total. The van der Waals surface area contributed by atoms with Gasteiger partial charge in [0.25, 0.3) is 5.91 Å². The summed E-state index contributed by atoms with van der Waals surface area (Å²) >= 11 is 1.34. The van der Waals surface area contributed by atoms with E-state index >= 15 is 0 Å². The van der Waals surface area contributed by atoms with E-state index in [1.54, 1.807) is 20.8 Å². The number of sulfone groups is 1. The zero-order valence-corrected chi connectivity index (χ0v) is 24.8. The molecule has 8 nitrogen and oxygen atoms in total. The molecule has 3 atom stereocenters. The van der Waals surface area contributed by atoms with Gasteiger partial charge in [-0.15, -0.1) is 0 Å². The molecule has 2 heterocycles. The number of hydrogen-bond donors (Lipinski definition) is 1. The second kappa shape index (κ2) is 11.7. The van der Waals surface area contributed by atoms with E-state index in [1.807, 2.05) is 53.4 Å². The number of amides is 2. The number of hydrogen-bond acceptors (Lipinski definition) is 6. The van der Waals surface area contributed by atoms with E-state index in [0.717, 1.165) is 35.2 Å². The van der Waals surface area contributed by atoms with Crippen LogP contribution in [0.25, 0.3) is 0 Å². The molecule has 2 fully saturated rings. The van der Waals surface area contributed by atoms with Crippen LogP contribution < -0.4 is 10.2 Å². The summed E-state index contributed by atoms with van der Waals surface area (Å²) in [6, 6.07) is 14.2. The third kappa shape index (κ3) is 7.03. The van der Waals surface area contributed by atoms with Crippen molar-refractivity contribution in [1.29, 1.82) is 0 Å². The monoisotopic (exact) mass is 571 g/mol. The predicted molar refractivity (Wildman–Crippen MR) is 157 cm³/mol. The summed E-state index contributed by atoms with van der Waals surface area (Å²) < 4.78 is 30.6. The quantitative estimate of drug-likeness (QED) is 0.520. The first-order valence-electron chi connectivity index (χ1n) is 13.3. The summed E-state index contributed by atoms with van der Waals surface area (Å²) in [5, 5.41) is 2.97. The van der Waals surface area contributed by atoms with Crippen LogP contribution in [0.2, 0.25) is 0 Å². The van der Waals surface area contributed by atoms with E-state index in [2.05, 4.69) is 24.2 Å². The number of aliphatic imine (C=N–C) groups is 1. The molecule has 4 rings (SSSR count). The number of nitrogens with zero attached hydrogens (tertiary/aromatic N) is 2. The summed E-state index contributed by atoms with van der Waals surface area (Å²) in [6.45, 7) is 9.41. The highest BCUT2D eigenvalue weighted by atomic mass is 32.2. The van der Waals surface area contributed by atoms with E-state index in [9.17, 15) is 18.0 Å². The molecule has 2 aromatic rings. The van der Waals surface area contributed by atoms with Gasteiger partial charge in [0.15, 0.2) is 15.0 Å². The molecule has 10 heteroatoms. The third-order valence-corrected chi connectivity index (χ3v) is 9.96. The van der Waals surface area contributed by atoms with Crippen molar-refractivity contribution in [3.05, 3.63) is 65.2 Å². The first-order chi connectivity index (χ1) is 18.4. The highest BCUT2D eigenvalue weighted by molar-refractivity contribution is 8.16. The zero-order chi connectivity index (χ0) is 28.4. The van der Waals surface area contributed by atoms with Crippen molar-refractivity contribution < 1.29 is 22.7 Å². The molecule has 0 radical (unpaired) electrons. The van der Waals surface area contributed by atoms with Crippen LogP contribution in [0.5, 0.6) is 0 Å². The van der Waals surface area contributed by atoms with Gasteiger partial charge in [0.05, 0.1) is 17.5 Å². The first kappa shape index (κ1) is 29.1. The van der Waals surface area contributed by atoms with Gasteiger partial charge < -0.3 is 15.0 Å². The number of ether oxygens (including phenoxy) is 1. The summed E-state index contributed by atoms with van der Waals surface area (Å²) in [7, 11) is -3.20. The van der Waals surface area contributed by atoms with Gasteiger partial charge in [-0.1, -0.05) is 74.1 Å². The predicted octanol–water partition coefficient (Wildman–Crippen LogP) is 4.55. The SMILES string of the molecule is CCc1cccc(CC)c1N1C(=NC(=O)[C@@H](Cc2ccccc2)NC(=O)OC(C)(C)C)S[C@H]2CS(=O)(=O)C[C@H]21. The minimum Gasteiger partial charge on any atom is -0.444 e. The Bertz CT molecular complexity index is 1330. The largest absolute Gasteiger partial charge is 0.444 e. The van der Waals surface area contributed by atoms with Crippen LogP contribution >= 0.6 is 11.8 Å². The standard InChI is InChI=1S/C29H37N3O5S2/c1-6-20-14-11-15-21(7-2)25(20)32-23-17-39(35,36)18-24(23)38-27(32)31-26(33)22(16-19-12-9-8-10-13-19)30-28(34)37-29(3,4)5/h8-15,22-24H,6-7,16-18H2,1-5H3,(H,30,34)/t22-,23-,24+/m1/s1. The molecule has 0 aromatic heterocycles. The van der Waals surface area contributed by atoms with Crippen molar-refractivity contribution in [3.8, 4) is 0 Å². The maximum atomic E-state index is 13.7. The Morgan fingerprint density at radius 2 is 1.69 bits per heavy atom. The van der Waals surface area contributed by atoms with Crippen molar-refractivity contribution >= 4 is 44.5 Å².